The lowest BCUT2D eigenvalue weighted by molar-refractivity contribution is 0.0940. The summed E-state index contributed by atoms with van der Waals surface area (Å²) in [6.45, 7) is 4.33. The van der Waals surface area contributed by atoms with Crippen molar-refractivity contribution in [3.63, 3.8) is 0 Å². The predicted molar refractivity (Wildman–Crippen MR) is 126 cm³/mol. The minimum atomic E-state index is -0.307. The van der Waals surface area contributed by atoms with Gasteiger partial charge in [-0.25, -0.2) is 9.97 Å². The molecule has 0 radical (unpaired) electrons. The van der Waals surface area contributed by atoms with Crippen molar-refractivity contribution in [1.29, 1.82) is 0 Å². The molecule has 0 saturated carbocycles. The summed E-state index contributed by atoms with van der Waals surface area (Å²) in [7, 11) is 2.16. The molecule has 1 fully saturated rings. The van der Waals surface area contributed by atoms with Crippen LogP contribution in [-0.4, -0.2) is 77.2 Å². The number of likely N-dealkylation sites (N-methyl/N-ethyl adjacent to an activating group) is 1. The monoisotopic (exact) mass is 430 g/mol. The van der Waals surface area contributed by atoms with Crippen LogP contribution in [0.15, 0.2) is 48.8 Å². The smallest absolute Gasteiger partial charge is 0.269 e. The Kier molecular flexibility index (Phi) is 5.46. The number of pyridine rings is 2. The van der Waals surface area contributed by atoms with Crippen molar-refractivity contribution < 1.29 is 9.90 Å². The molecule has 0 aliphatic carbocycles. The number of aliphatic hydroxyl groups excluding tert-OH is 1. The van der Waals surface area contributed by atoms with Crippen LogP contribution >= 0.6 is 0 Å². The van der Waals surface area contributed by atoms with E-state index in [4.69, 9.17) is 5.11 Å². The fourth-order valence-corrected chi connectivity index (χ4v) is 4.15. The molecule has 1 amide bonds. The maximum Gasteiger partial charge on any atom is 0.269 e. The van der Waals surface area contributed by atoms with E-state index >= 15 is 0 Å². The lowest BCUT2D eigenvalue weighted by Crippen LogP contribution is -2.44. The average molecular weight is 431 g/mol. The molecule has 0 unspecified atom stereocenters. The van der Waals surface area contributed by atoms with Gasteiger partial charge in [-0.1, -0.05) is 12.1 Å². The molecule has 5 rings (SSSR count). The number of aromatic nitrogens is 3. The van der Waals surface area contributed by atoms with E-state index in [1.807, 2.05) is 6.20 Å². The molecule has 8 heteroatoms. The third-order valence-electron chi connectivity index (χ3n) is 6.03. The Morgan fingerprint density at radius 1 is 1.03 bits per heavy atom. The fraction of sp³-hybridized carbons (Fsp3) is 0.292. The third kappa shape index (κ3) is 3.90. The number of amides is 1. The molecule has 4 heterocycles. The van der Waals surface area contributed by atoms with E-state index in [1.54, 1.807) is 12.3 Å². The Labute approximate surface area is 185 Å². The first-order valence-corrected chi connectivity index (χ1v) is 10.8. The number of anilines is 1. The summed E-state index contributed by atoms with van der Waals surface area (Å²) in [6, 6.07) is 12.5. The molecule has 1 aliphatic heterocycles. The Balaban J connectivity index is 1.45. The molecule has 0 bridgehead atoms. The van der Waals surface area contributed by atoms with Gasteiger partial charge in [-0.2, -0.15) is 0 Å². The summed E-state index contributed by atoms with van der Waals surface area (Å²) in [6.07, 6.45) is 3.51. The fourth-order valence-electron chi connectivity index (χ4n) is 4.15. The number of hydrogen-bond acceptors (Lipinski definition) is 6. The van der Waals surface area contributed by atoms with E-state index in [1.165, 1.54) is 5.69 Å². The molecule has 3 aromatic heterocycles. The number of aromatic amines is 1. The second-order valence-electron chi connectivity index (χ2n) is 8.18. The largest absolute Gasteiger partial charge is 0.395 e. The van der Waals surface area contributed by atoms with Crippen molar-refractivity contribution in [2.24, 2.45) is 0 Å². The molecular weight excluding hydrogens is 404 g/mol. The molecule has 4 aromatic rings. The van der Waals surface area contributed by atoms with Gasteiger partial charge in [0.1, 0.15) is 11.3 Å². The van der Waals surface area contributed by atoms with Crippen LogP contribution in [0.4, 0.5) is 5.69 Å². The van der Waals surface area contributed by atoms with Gasteiger partial charge in [0.2, 0.25) is 0 Å². The highest BCUT2D eigenvalue weighted by Crippen LogP contribution is 2.30. The summed E-state index contributed by atoms with van der Waals surface area (Å²) in [5, 5.41) is 13.4. The predicted octanol–water partition coefficient (Wildman–Crippen LogP) is 2.25. The third-order valence-corrected chi connectivity index (χ3v) is 6.03. The standard InChI is InChI=1S/C24H26N6O2/c1-29-7-9-30(10-8-29)18-4-2-16(3-5-18)17-12-20-19-13-21(24(32)25-6-11-31)26-15-22(19)28-23(20)27-14-17/h2-5,12-15,31H,6-11H2,1H3,(H,25,32)(H,27,28). The number of nitrogens with one attached hydrogen (secondary N) is 2. The second kappa shape index (κ2) is 8.57. The van der Waals surface area contributed by atoms with E-state index in [2.05, 4.69) is 67.4 Å². The maximum atomic E-state index is 12.3. The van der Waals surface area contributed by atoms with Gasteiger partial charge in [-0.05, 0) is 36.9 Å². The summed E-state index contributed by atoms with van der Waals surface area (Å²) in [4.78, 5) is 29.1. The molecular formula is C24H26N6O2. The number of fused-ring (bicyclic) bond motifs is 3. The Hall–Kier alpha value is -3.49. The van der Waals surface area contributed by atoms with Crippen molar-refractivity contribution in [2.75, 3.05) is 51.3 Å². The minimum Gasteiger partial charge on any atom is -0.395 e. The Morgan fingerprint density at radius 2 is 1.81 bits per heavy atom. The van der Waals surface area contributed by atoms with Crippen LogP contribution in [0.1, 0.15) is 10.5 Å². The first kappa shape index (κ1) is 20.4. The van der Waals surface area contributed by atoms with Gasteiger partial charge < -0.3 is 25.2 Å². The lowest BCUT2D eigenvalue weighted by atomic mass is 10.0. The summed E-state index contributed by atoms with van der Waals surface area (Å²) < 4.78 is 0. The van der Waals surface area contributed by atoms with Crippen LogP contribution < -0.4 is 10.2 Å². The number of nitrogens with zero attached hydrogens (tertiary/aromatic N) is 4. The van der Waals surface area contributed by atoms with Crippen LogP contribution in [0.3, 0.4) is 0 Å². The highest BCUT2D eigenvalue weighted by atomic mass is 16.3. The van der Waals surface area contributed by atoms with Crippen molar-refractivity contribution >= 4 is 33.5 Å². The highest BCUT2D eigenvalue weighted by molar-refractivity contribution is 6.09. The van der Waals surface area contributed by atoms with Crippen molar-refractivity contribution in [1.82, 2.24) is 25.2 Å². The molecule has 0 atom stereocenters. The zero-order chi connectivity index (χ0) is 22.1. The number of piperazine rings is 1. The summed E-state index contributed by atoms with van der Waals surface area (Å²) >= 11 is 0. The number of H-pyrrole nitrogens is 1. The molecule has 0 spiro atoms. The number of carbonyl (C=O) groups is 1. The van der Waals surface area contributed by atoms with Gasteiger partial charge in [0.05, 0.1) is 18.3 Å². The zero-order valence-corrected chi connectivity index (χ0v) is 18.0. The molecule has 1 aromatic carbocycles. The Morgan fingerprint density at radius 3 is 2.56 bits per heavy atom. The van der Waals surface area contributed by atoms with E-state index < -0.39 is 0 Å². The number of hydrogen-bond donors (Lipinski definition) is 3. The SMILES string of the molecule is CN1CCN(c2ccc(-c3cnc4[nH]c5cnc(C(=O)NCCO)cc5c4c3)cc2)CC1. The van der Waals surface area contributed by atoms with Gasteiger partial charge in [-0.3, -0.25) is 4.79 Å². The first-order valence-electron chi connectivity index (χ1n) is 10.8. The van der Waals surface area contributed by atoms with E-state index in [0.29, 0.717) is 5.69 Å². The highest BCUT2D eigenvalue weighted by Gasteiger charge is 2.15. The van der Waals surface area contributed by atoms with E-state index in [-0.39, 0.29) is 19.1 Å². The van der Waals surface area contributed by atoms with Gasteiger partial charge in [-0.15, -0.1) is 0 Å². The maximum absolute atomic E-state index is 12.3. The van der Waals surface area contributed by atoms with Crippen molar-refractivity contribution in [3.8, 4) is 11.1 Å². The summed E-state index contributed by atoms with van der Waals surface area (Å²) in [5.41, 5.74) is 5.26. The topological polar surface area (TPSA) is 97.4 Å². The van der Waals surface area contributed by atoms with Crippen molar-refractivity contribution in [3.05, 3.63) is 54.5 Å². The second-order valence-corrected chi connectivity index (χ2v) is 8.18. The number of carbonyl (C=O) groups excluding carboxylic acids is 1. The average Bonchev–Trinajstić information content (AvgIpc) is 3.20. The van der Waals surface area contributed by atoms with Gasteiger partial charge in [0.15, 0.2) is 0 Å². The number of benzene rings is 1. The molecule has 164 valence electrons. The minimum absolute atomic E-state index is 0.109. The molecule has 1 aliphatic rings. The van der Waals surface area contributed by atoms with Crippen LogP contribution in [0.25, 0.3) is 33.1 Å². The lowest BCUT2D eigenvalue weighted by Gasteiger charge is -2.34. The van der Waals surface area contributed by atoms with E-state index in [9.17, 15) is 4.79 Å². The van der Waals surface area contributed by atoms with Crippen molar-refractivity contribution in [2.45, 2.75) is 0 Å². The summed E-state index contributed by atoms with van der Waals surface area (Å²) in [5.74, 6) is -0.307. The molecule has 32 heavy (non-hydrogen) atoms. The van der Waals surface area contributed by atoms with Crippen LogP contribution in [0.5, 0.6) is 0 Å². The zero-order valence-electron chi connectivity index (χ0n) is 18.0. The number of rotatable bonds is 5. The quantitative estimate of drug-likeness (QED) is 0.449. The Bertz CT molecular complexity index is 1260. The van der Waals surface area contributed by atoms with Crippen LogP contribution in [0, 0.1) is 0 Å². The molecule has 1 saturated heterocycles. The normalized spacial score (nSPS) is 14.9. The number of aliphatic hydroxyl groups is 1. The molecule has 8 nitrogen and oxygen atoms in total. The molecule has 3 N–H and O–H groups in total. The van der Waals surface area contributed by atoms with Gasteiger partial charge in [0, 0.05) is 60.9 Å². The van der Waals surface area contributed by atoms with E-state index in [0.717, 1.165) is 59.2 Å². The van der Waals surface area contributed by atoms with Crippen LogP contribution in [0.2, 0.25) is 0 Å². The van der Waals surface area contributed by atoms with Gasteiger partial charge >= 0.3 is 0 Å². The van der Waals surface area contributed by atoms with Crippen LogP contribution in [-0.2, 0) is 0 Å². The van der Waals surface area contributed by atoms with Gasteiger partial charge in [0.25, 0.3) is 5.91 Å². The first-order chi connectivity index (χ1) is 15.6.